The van der Waals surface area contributed by atoms with Gasteiger partial charge in [-0.25, -0.2) is 0 Å². The Kier molecular flexibility index (Phi) is 3.44. The second kappa shape index (κ2) is 5.48. The Morgan fingerprint density at radius 1 is 1.22 bits per heavy atom. The van der Waals surface area contributed by atoms with E-state index in [1.807, 2.05) is 30.3 Å². The summed E-state index contributed by atoms with van der Waals surface area (Å²) >= 11 is 0. The molecule has 0 spiro atoms. The number of benzene rings is 1. The monoisotopic (exact) mass is 306 g/mol. The van der Waals surface area contributed by atoms with Gasteiger partial charge in [0.25, 0.3) is 0 Å². The Balaban J connectivity index is 1.55. The molecule has 1 amide bonds. The van der Waals surface area contributed by atoms with Crippen molar-refractivity contribution in [3.05, 3.63) is 48.2 Å². The number of rotatable bonds is 3. The van der Waals surface area contributed by atoms with Crippen LogP contribution in [-0.4, -0.2) is 10.9 Å². The summed E-state index contributed by atoms with van der Waals surface area (Å²) < 4.78 is 0. The van der Waals surface area contributed by atoms with Crippen molar-refractivity contribution in [2.24, 2.45) is 23.7 Å². The Bertz CT molecular complexity index is 741. The van der Waals surface area contributed by atoms with Crippen molar-refractivity contribution in [1.29, 1.82) is 0 Å². The number of carbonyl (C=O) groups is 1. The minimum atomic E-state index is 0.200. The Hall–Kier alpha value is -2.16. The fourth-order valence-corrected chi connectivity index (χ4v) is 4.41. The predicted molar refractivity (Wildman–Crippen MR) is 91.9 cm³/mol. The number of nitrogens with one attached hydrogen (secondary N) is 1. The Morgan fingerprint density at radius 3 is 2.74 bits per heavy atom. The molecule has 4 atom stereocenters. The molecule has 3 heteroatoms. The minimum absolute atomic E-state index is 0.200. The number of amides is 1. The molecular formula is C20H22N2O. The molecule has 0 aliphatic heterocycles. The highest BCUT2D eigenvalue weighted by molar-refractivity contribution is 5.94. The van der Waals surface area contributed by atoms with E-state index in [4.69, 9.17) is 0 Å². The summed E-state index contributed by atoms with van der Waals surface area (Å²) in [4.78, 5) is 17.0. The van der Waals surface area contributed by atoms with Crippen LogP contribution in [-0.2, 0) is 4.79 Å². The average Bonchev–Trinajstić information content (AvgIpc) is 3.06. The van der Waals surface area contributed by atoms with Gasteiger partial charge in [0, 0.05) is 23.4 Å². The van der Waals surface area contributed by atoms with Crippen molar-refractivity contribution in [2.45, 2.75) is 26.7 Å². The molecule has 5 rings (SSSR count). The first-order valence-corrected chi connectivity index (χ1v) is 8.46. The Labute approximate surface area is 137 Å². The number of hydrogen-bond acceptors (Lipinski definition) is 2. The number of aryl methyl sites for hydroxylation is 1. The summed E-state index contributed by atoms with van der Waals surface area (Å²) in [7, 11) is 0. The molecule has 3 aliphatic rings. The molecule has 3 fully saturated rings. The number of pyridine rings is 1. The van der Waals surface area contributed by atoms with Gasteiger partial charge in [0.1, 0.15) is 0 Å². The molecule has 118 valence electrons. The lowest BCUT2D eigenvalue weighted by molar-refractivity contribution is -0.126. The lowest BCUT2D eigenvalue weighted by atomic mass is 9.70. The van der Waals surface area contributed by atoms with Gasteiger partial charge in [0.2, 0.25) is 5.91 Å². The van der Waals surface area contributed by atoms with E-state index in [9.17, 15) is 4.79 Å². The number of nitrogens with zero attached hydrogens (tertiary/aromatic N) is 1. The molecule has 3 nitrogen and oxygen atoms in total. The minimum Gasteiger partial charge on any atom is -0.326 e. The zero-order chi connectivity index (χ0) is 16.0. The van der Waals surface area contributed by atoms with Gasteiger partial charge < -0.3 is 5.32 Å². The molecule has 1 aromatic carbocycles. The summed E-state index contributed by atoms with van der Waals surface area (Å²) in [6, 6.07) is 12.0. The summed E-state index contributed by atoms with van der Waals surface area (Å²) in [5.74, 6) is 2.34. The van der Waals surface area contributed by atoms with Gasteiger partial charge >= 0.3 is 0 Å². The maximum absolute atomic E-state index is 12.6. The molecule has 4 unspecified atom stereocenters. The van der Waals surface area contributed by atoms with Gasteiger partial charge in [-0.1, -0.05) is 19.1 Å². The summed E-state index contributed by atoms with van der Waals surface area (Å²) in [5.41, 5.74) is 4.06. The molecule has 3 saturated carbocycles. The van der Waals surface area contributed by atoms with E-state index in [1.165, 1.54) is 18.4 Å². The van der Waals surface area contributed by atoms with Gasteiger partial charge in [-0.3, -0.25) is 9.78 Å². The largest absolute Gasteiger partial charge is 0.326 e. The zero-order valence-corrected chi connectivity index (χ0v) is 13.6. The van der Waals surface area contributed by atoms with Gasteiger partial charge in [-0.15, -0.1) is 0 Å². The third kappa shape index (κ3) is 2.44. The lowest BCUT2D eigenvalue weighted by Gasteiger charge is -2.35. The van der Waals surface area contributed by atoms with Gasteiger partial charge in [-0.05, 0) is 67.3 Å². The number of fused-ring (bicyclic) bond motifs is 1. The van der Waals surface area contributed by atoms with Crippen LogP contribution >= 0.6 is 0 Å². The van der Waals surface area contributed by atoms with Crippen molar-refractivity contribution in [3.8, 4) is 11.3 Å². The maximum atomic E-state index is 12.6. The highest BCUT2D eigenvalue weighted by atomic mass is 16.2. The fourth-order valence-electron chi connectivity index (χ4n) is 4.41. The summed E-state index contributed by atoms with van der Waals surface area (Å²) in [6.45, 7) is 4.35. The van der Waals surface area contributed by atoms with Crippen molar-refractivity contribution in [2.75, 3.05) is 5.32 Å². The Morgan fingerprint density at radius 2 is 2.09 bits per heavy atom. The van der Waals surface area contributed by atoms with Crippen LogP contribution in [0.2, 0.25) is 0 Å². The van der Waals surface area contributed by atoms with Gasteiger partial charge in [-0.2, -0.15) is 0 Å². The first-order valence-electron chi connectivity index (χ1n) is 8.46. The molecule has 2 aromatic rings. The van der Waals surface area contributed by atoms with E-state index < -0.39 is 0 Å². The molecule has 2 bridgehead atoms. The predicted octanol–water partition coefficient (Wildman–Crippen LogP) is 4.29. The second-order valence-corrected chi connectivity index (χ2v) is 7.13. The summed E-state index contributed by atoms with van der Waals surface area (Å²) in [5, 5.41) is 3.14. The van der Waals surface area contributed by atoms with E-state index in [0.717, 1.165) is 16.9 Å². The molecule has 3 aliphatic carbocycles. The average molecular weight is 306 g/mol. The maximum Gasteiger partial charge on any atom is 0.228 e. The highest BCUT2D eigenvalue weighted by Crippen LogP contribution is 2.57. The molecule has 0 saturated heterocycles. The molecule has 0 radical (unpaired) electrons. The van der Waals surface area contributed by atoms with E-state index in [0.29, 0.717) is 17.8 Å². The highest BCUT2D eigenvalue weighted by Gasteiger charge is 2.54. The number of carbonyl (C=O) groups excluding carboxylic acids is 1. The van der Waals surface area contributed by atoms with Crippen molar-refractivity contribution < 1.29 is 4.79 Å². The van der Waals surface area contributed by atoms with Crippen molar-refractivity contribution in [1.82, 2.24) is 4.98 Å². The molecule has 1 N–H and O–H groups in total. The quantitative estimate of drug-likeness (QED) is 0.919. The van der Waals surface area contributed by atoms with E-state index in [2.05, 4.69) is 30.2 Å². The first kappa shape index (κ1) is 14.4. The number of aromatic nitrogens is 1. The molecule has 1 heterocycles. The van der Waals surface area contributed by atoms with Gasteiger partial charge in [0.05, 0.1) is 5.69 Å². The van der Waals surface area contributed by atoms with Crippen LogP contribution in [0.5, 0.6) is 0 Å². The van der Waals surface area contributed by atoms with E-state index >= 15 is 0 Å². The topological polar surface area (TPSA) is 42.0 Å². The lowest BCUT2D eigenvalue weighted by Crippen LogP contribution is -2.39. The van der Waals surface area contributed by atoms with Crippen LogP contribution < -0.4 is 5.32 Å². The number of anilines is 1. The third-order valence-electron chi connectivity index (χ3n) is 5.70. The normalized spacial score (nSPS) is 28.3. The number of hydrogen-bond donors (Lipinski definition) is 1. The van der Waals surface area contributed by atoms with Gasteiger partial charge in [0.15, 0.2) is 0 Å². The zero-order valence-electron chi connectivity index (χ0n) is 13.6. The van der Waals surface area contributed by atoms with Crippen LogP contribution in [0.3, 0.4) is 0 Å². The smallest absolute Gasteiger partial charge is 0.228 e. The standard InChI is InChI=1S/C20H22N2O/c1-12-6-7-15(11-16(12)18-5-3-4-8-21-18)22-20(23)19-14-9-13(2)17(19)10-14/h3-8,11,13-14,17,19H,9-10H2,1-2H3,(H,22,23). The van der Waals surface area contributed by atoms with Crippen molar-refractivity contribution >= 4 is 11.6 Å². The van der Waals surface area contributed by atoms with Crippen LogP contribution in [0.4, 0.5) is 5.69 Å². The second-order valence-electron chi connectivity index (χ2n) is 7.13. The fraction of sp³-hybridized carbons (Fsp3) is 0.400. The van der Waals surface area contributed by atoms with Crippen LogP contribution in [0.1, 0.15) is 25.3 Å². The summed E-state index contributed by atoms with van der Waals surface area (Å²) in [6.07, 6.45) is 4.26. The van der Waals surface area contributed by atoms with Crippen LogP contribution in [0, 0.1) is 30.6 Å². The molecular weight excluding hydrogens is 284 g/mol. The van der Waals surface area contributed by atoms with Crippen LogP contribution in [0.25, 0.3) is 11.3 Å². The van der Waals surface area contributed by atoms with Crippen molar-refractivity contribution in [3.63, 3.8) is 0 Å². The first-order chi connectivity index (χ1) is 11.1. The molecule has 23 heavy (non-hydrogen) atoms. The van der Waals surface area contributed by atoms with Crippen LogP contribution in [0.15, 0.2) is 42.6 Å². The molecule has 1 aromatic heterocycles. The van der Waals surface area contributed by atoms with E-state index in [1.54, 1.807) is 6.20 Å². The SMILES string of the molecule is Cc1ccc(NC(=O)C2C3CC(C)C2C3)cc1-c1ccccn1. The van der Waals surface area contributed by atoms with E-state index in [-0.39, 0.29) is 11.8 Å². The third-order valence-corrected chi connectivity index (χ3v) is 5.70.